The number of halogens is 1. The summed E-state index contributed by atoms with van der Waals surface area (Å²) in [7, 11) is 0. The third kappa shape index (κ3) is 3.53. The second-order valence-corrected chi connectivity index (χ2v) is 6.40. The Hall–Kier alpha value is -0.610. The first-order valence-corrected chi connectivity index (χ1v) is 7.86. The fourth-order valence-corrected chi connectivity index (χ4v) is 3.31. The molecule has 1 aromatic carbocycles. The molecular formula is C16H26ClN3. The Morgan fingerprint density at radius 3 is 2.05 bits per heavy atom. The van der Waals surface area contributed by atoms with E-state index in [9.17, 15) is 0 Å². The minimum absolute atomic E-state index is 0.0699. The second kappa shape index (κ2) is 6.90. The Morgan fingerprint density at radius 1 is 1.00 bits per heavy atom. The molecule has 3 nitrogen and oxygen atoms in total. The lowest BCUT2D eigenvalue weighted by Gasteiger charge is -2.42. The van der Waals surface area contributed by atoms with E-state index in [1.807, 2.05) is 18.2 Å². The first-order valence-electron chi connectivity index (χ1n) is 7.49. The van der Waals surface area contributed by atoms with Crippen molar-refractivity contribution >= 4 is 11.6 Å². The summed E-state index contributed by atoms with van der Waals surface area (Å²) in [6, 6.07) is 8.97. The lowest BCUT2D eigenvalue weighted by atomic mass is 9.98. The quantitative estimate of drug-likeness (QED) is 0.927. The Morgan fingerprint density at radius 2 is 1.55 bits per heavy atom. The van der Waals surface area contributed by atoms with Gasteiger partial charge in [-0.3, -0.25) is 9.80 Å². The van der Waals surface area contributed by atoms with Gasteiger partial charge in [0.25, 0.3) is 0 Å². The standard InChI is InChI=1S/C16H26ClN3/c1-12(2)19-8-10-20(11-9-19)16(13(3)18)14-6-4-5-7-15(14)17/h4-7,12-13,16H,8-11,18H2,1-3H3. The van der Waals surface area contributed by atoms with Crippen LogP contribution < -0.4 is 5.73 Å². The van der Waals surface area contributed by atoms with Gasteiger partial charge in [0.05, 0.1) is 6.04 Å². The van der Waals surface area contributed by atoms with Crippen LogP contribution in [0.4, 0.5) is 0 Å². The van der Waals surface area contributed by atoms with Crippen LogP contribution in [0.2, 0.25) is 5.02 Å². The summed E-state index contributed by atoms with van der Waals surface area (Å²) >= 11 is 6.37. The smallest absolute Gasteiger partial charge is 0.0512 e. The molecule has 2 N–H and O–H groups in total. The van der Waals surface area contributed by atoms with E-state index in [0.717, 1.165) is 36.8 Å². The van der Waals surface area contributed by atoms with Gasteiger partial charge in [0.15, 0.2) is 0 Å². The van der Waals surface area contributed by atoms with Gasteiger partial charge in [0, 0.05) is 43.3 Å². The largest absolute Gasteiger partial charge is 0.326 e. The molecule has 2 atom stereocenters. The summed E-state index contributed by atoms with van der Waals surface area (Å²) in [6.45, 7) is 10.9. The topological polar surface area (TPSA) is 32.5 Å². The molecule has 112 valence electrons. The molecule has 0 aromatic heterocycles. The zero-order valence-corrected chi connectivity index (χ0v) is 13.5. The summed E-state index contributed by atoms with van der Waals surface area (Å²) in [5.74, 6) is 0. The Balaban J connectivity index is 2.13. The molecule has 0 saturated carbocycles. The lowest BCUT2D eigenvalue weighted by Crippen LogP contribution is -2.52. The highest BCUT2D eigenvalue weighted by Crippen LogP contribution is 2.30. The van der Waals surface area contributed by atoms with Crippen molar-refractivity contribution in [3.63, 3.8) is 0 Å². The van der Waals surface area contributed by atoms with Crippen LogP contribution in [0.1, 0.15) is 32.4 Å². The predicted molar refractivity (Wildman–Crippen MR) is 86.1 cm³/mol. The molecule has 1 aromatic rings. The highest BCUT2D eigenvalue weighted by molar-refractivity contribution is 6.31. The molecule has 0 bridgehead atoms. The van der Waals surface area contributed by atoms with Gasteiger partial charge in [-0.1, -0.05) is 29.8 Å². The zero-order valence-electron chi connectivity index (χ0n) is 12.7. The average molecular weight is 296 g/mol. The molecule has 0 amide bonds. The van der Waals surface area contributed by atoms with Crippen molar-refractivity contribution in [2.45, 2.75) is 38.9 Å². The SMILES string of the molecule is CC(N)C(c1ccccc1Cl)N1CCN(C(C)C)CC1. The van der Waals surface area contributed by atoms with Crippen LogP contribution in [0, 0.1) is 0 Å². The third-order valence-corrected chi connectivity index (χ3v) is 4.54. The summed E-state index contributed by atoms with van der Waals surface area (Å²) < 4.78 is 0. The van der Waals surface area contributed by atoms with Crippen LogP contribution in [0.5, 0.6) is 0 Å². The van der Waals surface area contributed by atoms with Crippen LogP contribution in [-0.4, -0.2) is 48.1 Å². The number of nitrogens with zero attached hydrogens (tertiary/aromatic N) is 2. The minimum atomic E-state index is 0.0699. The van der Waals surface area contributed by atoms with Crippen LogP contribution in [0.25, 0.3) is 0 Å². The molecule has 1 heterocycles. The number of piperazine rings is 1. The molecule has 2 rings (SSSR count). The van der Waals surface area contributed by atoms with E-state index >= 15 is 0 Å². The van der Waals surface area contributed by atoms with E-state index in [-0.39, 0.29) is 12.1 Å². The number of nitrogens with two attached hydrogens (primary N) is 1. The van der Waals surface area contributed by atoms with Crippen molar-refractivity contribution in [1.82, 2.24) is 9.80 Å². The van der Waals surface area contributed by atoms with E-state index in [0.29, 0.717) is 6.04 Å². The maximum Gasteiger partial charge on any atom is 0.0512 e. The maximum absolute atomic E-state index is 6.37. The molecule has 0 spiro atoms. The summed E-state index contributed by atoms with van der Waals surface area (Å²) in [5, 5.41) is 0.820. The lowest BCUT2D eigenvalue weighted by molar-refractivity contribution is 0.0705. The third-order valence-electron chi connectivity index (χ3n) is 4.19. The van der Waals surface area contributed by atoms with E-state index in [2.05, 4.69) is 36.6 Å². The van der Waals surface area contributed by atoms with Gasteiger partial charge in [-0.05, 0) is 32.4 Å². The zero-order chi connectivity index (χ0) is 14.7. The molecule has 0 radical (unpaired) electrons. The summed E-state index contributed by atoms with van der Waals surface area (Å²) in [5.41, 5.74) is 7.40. The molecule has 20 heavy (non-hydrogen) atoms. The van der Waals surface area contributed by atoms with Gasteiger partial charge in [0.1, 0.15) is 0 Å². The van der Waals surface area contributed by atoms with Crippen molar-refractivity contribution in [3.8, 4) is 0 Å². The van der Waals surface area contributed by atoms with Gasteiger partial charge in [-0.25, -0.2) is 0 Å². The Labute approximate surface area is 127 Å². The molecule has 1 aliphatic heterocycles. The van der Waals surface area contributed by atoms with Crippen molar-refractivity contribution in [2.24, 2.45) is 5.73 Å². The average Bonchev–Trinajstić information content (AvgIpc) is 2.41. The summed E-state index contributed by atoms with van der Waals surface area (Å²) in [4.78, 5) is 4.99. The van der Waals surface area contributed by atoms with Crippen LogP contribution >= 0.6 is 11.6 Å². The molecular weight excluding hydrogens is 270 g/mol. The fourth-order valence-electron chi connectivity index (χ4n) is 3.06. The highest BCUT2D eigenvalue weighted by Gasteiger charge is 2.29. The normalized spacial score (nSPS) is 21.1. The summed E-state index contributed by atoms with van der Waals surface area (Å²) in [6.07, 6.45) is 0. The second-order valence-electron chi connectivity index (χ2n) is 5.99. The van der Waals surface area contributed by atoms with Crippen LogP contribution in [-0.2, 0) is 0 Å². The number of rotatable bonds is 4. The first-order chi connectivity index (χ1) is 9.50. The van der Waals surface area contributed by atoms with Gasteiger partial charge in [0.2, 0.25) is 0 Å². The van der Waals surface area contributed by atoms with Gasteiger partial charge in [-0.15, -0.1) is 0 Å². The van der Waals surface area contributed by atoms with Crippen molar-refractivity contribution in [3.05, 3.63) is 34.9 Å². The highest BCUT2D eigenvalue weighted by atomic mass is 35.5. The van der Waals surface area contributed by atoms with E-state index in [4.69, 9.17) is 17.3 Å². The number of benzene rings is 1. The Bertz CT molecular complexity index is 425. The van der Waals surface area contributed by atoms with E-state index < -0.39 is 0 Å². The minimum Gasteiger partial charge on any atom is -0.326 e. The monoisotopic (exact) mass is 295 g/mol. The molecule has 1 aliphatic rings. The van der Waals surface area contributed by atoms with E-state index in [1.54, 1.807) is 0 Å². The van der Waals surface area contributed by atoms with Crippen LogP contribution in [0.3, 0.4) is 0 Å². The Kier molecular flexibility index (Phi) is 5.44. The predicted octanol–water partition coefficient (Wildman–Crippen LogP) is 2.75. The van der Waals surface area contributed by atoms with Gasteiger partial charge < -0.3 is 5.73 Å². The number of hydrogen-bond donors (Lipinski definition) is 1. The van der Waals surface area contributed by atoms with E-state index in [1.165, 1.54) is 0 Å². The van der Waals surface area contributed by atoms with Crippen LogP contribution in [0.15, 0.2) is 24.3 Å². The van der Waals surface area contributed by atoms with Crippen molar-refractivity contribution in [1.29, 1.82) is 0 Å². The molecule has 1 saturated heterocycles. The molecule has 1 fully saturated rings. The molecule has 4 heteroatoms. The number of hydrogen-bond acceptors (Lipinski definition) is 3. The van der Waals surface area contributed by atoms with Gasteiger partial charge in [-0.2, -0.15) is 0 Å². The van der Waals surface area contributed by atoms with Gasteiger partial charge >= 0.3 is 0 Å². The first kappa shape index (κ1) is 15.8. The molecule has 0 aliphatic carbocycles. The fraction of sp³-hybridized carbons (Fsp3) is 0.625. The van der Waals surface area contributed by atoms with Crippen molar-refractivity contribution < 1.29 is 0 Å². The van der Waals surface area contributed by atoms with Crippen molar-refractivity contribution in [2.75, 3.05) is 26.2 Å². The maximum atomic E-state index is 6.37. The molecule has 2 unspecified atom stereocenters.